The molecule has 72 valence electrons. The number of halogens is 3. The quantitative estimate of drug-likeness (QED) is 0.778. The van der Waals surface area contributed by atoms with E-state index in [0.717, 1.165) is 0 Å². The Morgan fingerprint density at radius 2 is 2.08 bits per heavy atom. The summed E-state index contributed by atoms with van der Waals surface area (Å²) in [6.45, 7) is 0. The van der Waals surface area contributed by atoms with E-state index in [0.29, 0.717) is 4.47 Å². The van der Waals surface area contributed by atoms with E-state index < -0.39 is 5.97 Å². The van der Waals surface area contributed by atoms with Crippen LogP contribution in [0.2, 0.25) is 5.02 Å². The Labute approximate surface area is 98.8 Å². The summed E-state index contributed by atoms with van der Waals surface area (Å²) in [5, 5.41) is 8.89. The fraction of sp³-hybridized carbons (Fsp3) is 0. The Bertz CT molecular complexity index is 344. The number of nitrogens with two attached hydrogens (primary N) is 1. The fourth-order valence-corrected chi connectivity index (χ4v) is 1.57. The Hall–Kier alpha value is -0.260. The number of carboxylic acids is 1. The maximum absolute atomic E-state index is 10.6. The highest BCUT2D eigenvalue weighted by Gasteiger charge is 2.11. The molecule has 0 saturated carbocycles. The number of hydrogen-bond acceptors (Lipinski definition) is 2. The molecule has 0 saturated heterocycles. The zero-order valence-corrected chi connectivity index (χ0v) is 10.3. The smallest absolute Gasteiger partial charge is 0.337 e. The van der Waals surface area contributed by atoms with E-state index in [2.05, 4.69) is 15.9 Å². The molecule has 3 N–H and O–H groups in total. The second-order valence-electron chi connectivity index (χ2n) is 2.15. The lowest BCUT2D eigenvalue weighted by atomic mass is 10.2. The average Bonchev–Trinajstić information content (AvgIpc) is 1.96. The van der Waals surface area contributed by atoms with Crippen LogP contribution in [0.15, 0.2) is 16.6 Å². The summed E-state index contributed by atoms with van der Waals surface area (Å²) in [4.78, 5) is 10.6. The monoisotopic (exact) mass is 329 g/mol. The van der Waals surface area contributed by atoms with Gasteiger partial charge >= 0.3 is 5.97 Å². The van der Waals surface area contributed by atoms with E-state index in [-0.39, 0.29) is 33.3 Å². The lowest BCUT2D eigenvalue weighted by molar-refractivity contribution is 0.0698. The van der Waals surface area contributed by atoms with Crippen LogP contribution >= 0.6 is 44.5 Å². The molecule has 0 fully saturated rings. The normalized spacial score (nSPS) is 9.08. The van der Waals surface area contributed by atoms with Crippen molar-refractivity contribution in [1.82, 2.24) is 0 Å². The molecular weight excluding hydrogens is 325 g/mol. The van der Waals surface area contributed by atoms with Gasteiger partial charge in [0.15, 0.2) is 0 Å². The first-order valence-electron chi connectivity index (χ1n) is 3.00. The van der Waals surface area contributed by atoms with Crippen molar-refractivity contribution < 1.29 is 9.90 Å². The molecule has 1 aromatic rings. The first-order chi connectivity index (χ1) is 5.52. The largest absolute Gasteiger partial charge is 0.478 e. The second kappa shape index (κ2) is 4.83. The van der Waals surface area contributed by atoms with Gasteiger partial charge in [0.25, 0.3) is 0 Å². The summed E-state index contributed by atoms with van der Waals surface area (Å²) in [6.07, 6.45) is 0. The number of anilines is 1. The molecule has 0 aliphatic heterocycles. The standard InChI is InChI=1S/C7H5BrClNO2.BrH/c8-3-1-4(7(11)12)6(10)5(9)2-3;/h1-2H,10H2,(H,11,12);1H. The summed E-state index contributed by atoms with van der Waals surface area (Å²) in [6, 6.07) is 2.95. The maximum Gasteiger partial charge on any atom is 0.337 e. The Kier molecular flexibility index (Phi) is 4.74. The topological polar surface area (TPSA) is 63.3 Å². The molecule has 1 rings (SSSR count). The third-order valence-corrected chi connectivity index (χ3v) is 2.10. The molecule has 0 amide bonds. The minimum atomic E-state index is -1.09. The molecule has 0 heterocycles. The van der Waals surface area contributed by atoms with Crippen LogP contribution < -0.4 is 5.73 Å². The SMILES string of the molecule is Br.Nc1c(Cl)cc(Br)cc1C(=O)O. The summed E-state index contributed by atoms with van der Waals surface area (Å²) in [5.74, 6) is -1.09. The minimum Gasteiger partial charge on any atom is -0.478 e. The minimum absolute atomic E-state index is 0. The van der Waals surface area contributed by atoms with Crippen LogP contribution in [-0.4, -0.2) is 11.1 Å². The molecule has 13 heavy (non-hydrogen) atoms. The van der Waals surface area contributed by atoms with Crippen LogP contribution in [-0.2, 0) is 0 Å². The first-order valence-corrected chi connectivity index (χ1v) is 4.17. The molecule has 6 heteroatoms. The average molecular weight is 331 g/mol. The summed E-state index contributed by atoms with van der Waals surface area (Å²) < 4.78 is 0.596. The van der Waals surface area contributed by atoms with E-state index >= 15 is 0 Å². The summed E-state index contributed by atoms with van der Waals surface area (Å²) >= 11 is 8.76. The zero-order valence-electron chi connectivity index (χ0n) is 6.25. The first kappa shape index (κ1) is 12.7. The molecule has 0 bridgehead atoms. The number of rotatable bonds is 1. The van der Waals surface area contributed by atoms with Crippen LogP contribution in [0.3, 0.4) is 0 Å². The van der Waals surface area contributed by atoms with Crippen molar-refractivity contribution in [2.75, 3.05) is 5.73 Å². The molecule has 0 unspecified atom stereocenters. The summed E-state index contributed by atoms with van der Waals surface area (Å²) in [7, 11) is 0. The molecular formula is C7H6Br2ClNO2. The van der Waals surface area contributed by atoms with Gasteiger partial charge in [-0.15, -0.1) is 17.0 Å². The van der Waals surface area contributed by atoms with E-state index in [1.807, 2.05) is 0 Å². The van der Waals surface area contributed by atoms with Crippen molar-refractivity contribution in [3.05, 3.63) is 27.2 Å². The van der Waals surface area contributed by atoms with Gasteiger partial charge in [-0.3, -0.25) is 0 Å². The van der Waals surface area contributed by atoms with Gasteiger partial charge in [-0.1, -0.05) is 27.5 Å². The molecule has 0 spiro atoms. The number of hydrogen-bond donors (Lipinski definition) is 2. The molecule has 0 atom stereocenters. The van der Waals surface area contributed by atoms with E-state index in [1.165, 1.54) is 6.07 Å². The molecule has 0 aliphatic carbocycles. The second-order valence-corrected chi connectivity index (χ2v) is 3.48. The van der Waals surface area contributed by atoms with Gasteiger partial charge in [-0.2, -0.15) is 0 Å². The van der Waals surface area contributed by atoms with E-state index in [4.69, 9.17) is 22.4 Å². The lowest BCUT2D eigenvalue weighted by Crippen LogP contribution is -2.02. The molecule has 1 aromatic carbocycles. The van der Waals surface area contributed by atoms with Crippen LogP contribution in [0.25, 0.3) is 0 Å². The molecule has 3 nitrogen and oxygen atoms in total. The Balaban J connectivity index is 0.00000144. The molecule has 0 radical (unpaired) electrons. The molecule has 0 aliphatic rings. The van der Waals surface area contributed by atoms with Crippen molar-refractivity contribution in [2.45, 2.75) is 0 Å². The van der Waals surface area contributed by atoms with Crippen molar-refractivity contribution in [3.63, 3.8) is 0 Å². The van der Waals surface area contributed by atoms with Crippen LogP contribution in [0, 0.1) is 0 Å². The number of aromatic carboxylic acids is 1. The number of nitrogen functional groups attached to an aromatic ring is 1. The van der Waals surface area contributed by atoms with Crippen molar-refractivity contribution in [3.8, 4) is 0 Å². The van der Waals surface area contributed by atoms with Crippen molar-refractivity contribution >= 4 is 56.2 Å². The summed E-state index contributed by atoms with van der Waals surface area (Å²) in [5.41, 5.74) is 5.52. The fourth-order valence-electron chi connectivity index (χ4n) is 0.762. The third-order valence-electron chi connectivity index (χ3n) is 1.32. The maximum atomic E-state index is 10.6. The van der Waals surface area contributed by atoms with Gasteiger partial charge in [0, 0.05) is 4.47 Å². The van der Waals surface area contributed by atoms with Gasteiger partial charge in [0.05, 0.1) is 16.3 Å². The van der Waals surface area contributed by atoms with Crippen LogP contribution in [0.4, 0.5) is 5.69 Å². The predicted molar refractivity (Wildman–Crippen MR) is 60.8 cm³/mol. The molecule has 0 aromatic heterocycles. The number of carbonyl (C=O) groups is 1. The van der Waals surface area contributed by atoms with E-state index in [1.54, 1.807) is 6.07 Å². The number of carboxylic acid groups (broad SMARTS) is 1. The Morgan fingerprint density at radius 3 is 2.54 bits per heavy atom. The van der Waals surface area contributed by atoms with Gasteiger partial charge in [0.2, 0.25) is 0 Å². The van der Waals surface area contributed by atoms with Crippen molar-refractivity contribution in [2.24, 2.45) is 0 Å². The van der Waals surface area contributed by atoms with Gasteiger partial charge < -0.3 is 10.8 Å². The highest BCUT2D eigenvalue weighted by molar-refractivity contribution is 9.10. The van der Waals surface area contributed by atoms with Gasteiger partial charge in [0.1, 0.15) is 0 Å². The highest BCUT2D eigenvalue weighted by atomic mass is 79.9. The van der Waals surface area contributed by atoms with Gasteiger partial charge in [-0.05, 0) is 12.1 Å². The lowest BCUT2D eigenvalue weighted by Gasteiger charge is -2.03. The zero-order chi connectivity index (χ0) is 9.30. The highest BCUT2D eigenvalue weighted by Crippen LogP contribution is 2.27. The van der Waals surface area contributed by atoms with Crippen molar-refractivity contribution in [1.29, 1.82) is 0 Å². The van der Waals surface area contributed by atoms with Crippen LogP contribution in [0.1, 0.15) is 10.4 Å². The predicted octanol–water partition coefficient (Wildman–Crippen LogP) is 2.96. The van der Waals surface area contributed by atoms with E-state index in [9.17, 15) is 4.79 Å². The third kappa shape index (κ3) is 2.86. The number of benzene rings is 1. The van der Waals surface area contributed by atoms with Gasteiger partial charge in [-0.25, -0.2) is 4.79 Å². The van der Waals surface area contributed by atoms with Crippen LogP contribution in [0.5, 0.6) is 0 Å². The Morgan fingerprint density at radius 1 is 1.54 bits per heavy atom.